The Morgan fingerprint density at radius 3 is 1.78 bits per heavy atom. The fraction of sp³-hybridized carbons (Fsp3) is 0.200. The minimum Gasteiger partial charge on any atom is -0.231 e. The molecule has 0 aliphatic heterocycles. The zero-order valence-corrected chi connectivity index (χ0v) is 23.9. The second-order valence-corrected chi connectivity index (χ2v) is 14.2. The van der Waals surface area contributed by atoms with Crippen LogP contribution in [0.25, 0.3) is 21.1 Å². The number of hydrogen-bond donors (Lipinski definition) is 0. The molecule has 0 radical (unpaired) electrons. The molecule has 0 fully saturated rings. The molecule has 0 unspecified atom stereocenters. The van der Waals surface area contributed by atoms with Crippen LogP contribution in [0, 0.1) is 13.8 Å². The van der Waals surface area contributed by atoms with Crippen LogP contribution < -0.4 is 0 Å². The van der Waals surface area contributed by atoms with Gasteiger partial charge >= 0.3 is 0 Å². The van der Waals surface area contributed by atoms with E-state index in [4.69, 9.17) is 0 Å². The molecule has 32 heavy (non-hydrogen) atoms. The second kappa shape index (κ2) is 10.8. The van der Waals surface area contributed by atoms with Crippen molar-refractivity contribution in [1.82, 2.24) is 19.9 Å². The summed E-state index contributed by atoms with van der Waals surface area (Å²) < 4.78 is 24.9. The van der Waals surface area contributed by atoms with Crippen molar-refractivity contribution in [2.24, 2.45) is 0 Å². The molecule has 168 valence electrons. The zero-order valence-electron chi connectivity index (χ0n) is 17.5. The van der Waals surface area contributed by atoms with Crippen molar-refractivity contribution in [3.05, 3.63) is 55.4 Å². The molecule has 6 nitrogen and oxygen atoms in total. The van der Waals surface area contributed by atoms with Crippen LogP contribution in [0.1, 0.15) is 11.1 Å². The molecule has 4 aromatic heterocycles. The fourth-order valence-corrected chi connectivity index (χ4v) is 6.23. The first-order valence-electron chi connectivity index (χ1n) is 9.01. The van der Waals surface area contributed by atoms with Crippen LogP contribution >= 0.6 is 66.3 Å². The van der Waals surface area contributed by atoms with Crippen molar-refractivity contribution in [3.63, 3.8) is 0 Å². The Labute approximate surface area is 216 Å². The lowest BCUT2D eigenvalue weighted by molar-refractivity contribution is 0.593. The Kier molecular flexibility index (Phi) is 8.61. The summed E-state index contributed by atoms with van der Waals surface area (Å²) in [6, 6.07) is 7.92. The van der Waals surface area contributed by atoms with Crippen LogP contribution in [0.15, 0.2) is 54.5 Å². The third-order valence-electron chi connectivity index (χ3n) is 4.03. The smallest absolute Gasteiger partial charge is 0.231 e. The topological polar surface area (TPSA) is 85.7 Å². The maximum absolute atomic E-state index is 11.4. The molecular formula is C20H18Br2N4O2S4. The van der Waals surface area contributed by atoms with E-state index in [0.29, 0.717) is 5.69 Å². The summed E-state index contributed by atoms with van der Waals surface area (Å²) in [7, 11) is -3.37. The highest BCUT2D eigenvalue weighted by molar-refractivity contribution is 9.11. The van der Waals surface area contributed by atoms with Crippen molar-refractivity contribution < 1.29 is 8.42 Å². The number of thiophene rings is 2. The highest BCUT2D eigenvalue weighted by atomic mass is 79.9. The summed E-state index contributed by atoms with van der Waals surface area (Å²) in [5.74, 6) is 0. The average molecular weight is 634 g/mol. The first-order chi connectivity index (χ1) is 15.1. The summed E-state index contributed by atoms with van der Waals surface area (Å²) in [5, 5.41) is 0.683. The maximum atomic E-state index is 11.4. The van der Waals surface area contributed by atoms with E-state index < -0.39 is 9.84 Å². The van der Waals surface area contributed by atoms with Gasteiger partial charge in [-0.3, -0.25) is 0 Å². The second-order valence-electron chi connectivity index (χ2n) is 6.55. The van der Waals surface area contributed by atoms with Gasteiger partial charge in [0.2, 0.25) is 15.0 Å². The number of nitrogens with zero attached hydrogens (tertiary/aromatic N) is 4. The Bertz CT molecular complexity index is 1350. The quantitative estimate of drug-likeness (QED) is 0.183. The third-order valence-corrected chi connectivity index (χ3v) is 8.71. The number of aromatic nitrogens is 4. The van der Waals surface area contributed by atoms with Crippen molar-refractivity contribution in [1.29, 1.82) is 0 Å². The van der Waals surface area contributed by atoms with Gasteiger partial charge in [-0.25, -0.2) is 28.4 Å². The molecule has 0 N–H and O–H groups in total. The maximum Gasteiger partial charge on any atom is 0.247 e. The van der Waals surface area contributed by atoms with Crippen LogP contribution in [0.2, 0.25) is 0 Å². The SMILES string of the molecule is CSc1ncc(C)c(-c2ccc(Br)s2)n1.Cc1cnc(S(C)(=O)=O)nc1-c1ccc(Br)s1. The molecule has 0 aliphatic carbocycles. The molecule has 0 saturated carbocycles. The fourth-order valence-electron chi connectivity index (χ4n) is 2.51. The van der Waals surface area contributed by atoms with Crippen molar-refractivity contribution >= 4 is 76.1 Å². The van der Waals surface area contributed by atoms with E-state index in [1.807, 2.05) is 44.5 Å². The zero-order chi connectivity index (χ0) is 23.5. The van der Waals surface area contributed by atoms with Crippen LogP contribution in [0.5, 0.6) is 0 Å². The van der Waals surface area contributed by atoms with Crippen molar-refractivity contribution in [2.75, 3.05) is 12.5 Å². The standard InChI is InChI=1S/C10H9BrN2O2S2.C10H9BrN2S2/c1-6-5-12-10(17(2,14)15)13-9(6)7-3-4-8(11)16-7;1-6-5-12-10(14-2)13-9(6)7-3-4-8(11)15-7/h3-5H,1-2H3;3-5H,1-2H3. The van der Waals surface area contributed by atoms with E-state index in [9.17, 15) is 8.42 Å². The molecule has 4 aromatic rings. The molecule has 0 amide bonds. The molecular weight excluding hydrogens is 616 g/mol. The monoisotopic (exact) mass is 632 g/mol. The van der Waals surface area contributed by atoms with E-state index in [-0.39, 0.29) is 5.16 Å². The molecule has 4 heterocycles. The van der Waals surface area contributed by atoms with Gasteiger partial charge in [-0.1, -0.05) is 11.8 Å². The van der Waals surface area contributed by atoms with Gasteiger partial charge in [-0.15, -0.1) is 22.7 Å². The number of rotatable bonds is 4. The summed E-state index contributed by atoms with van der Waals surface area (Å²) in [6.07, 6.45) is 6.50. The molecule has 0 aliphatic rings. The van der Waals surface area contributed by atoms with Crippen LogP contribution in [-0.4, -0.2) is 40.9 Å². The number of halogens is 2. The van der Waals surface area contributed by atoms with Gasteiger partial charge in [0, 0.05) is 18.6 Å². The van der Waals surface area contributed by atoms with Gasteiger partial charge in [0.1, 0.15) is 0 Å². The molecule has 12 heteroatoms. The van der Waals surface area contributed by atoms with Gasteiger partial charge in [-0.2, -0.15) is 0 Å². The van der Waals surface area contributed by atoms with Crippen LogP contribution in [-0.2, 0) is 9.84 Å². The minimum atomic E-state index is -3.37. The van der Waals surface area contributed by atoms with E-state index in [1.165, 1.54) is 22.4 Å². The van der Waals surface area contributed by atoms with Gasteiger partial charge < -0.3 is 0 Å². The van der Waals surface area contributed by atoms with Crippen molar-refractivity contribution in [2.45, 2.75) is 24.2 Å². The Morgan fingerprint density at radius 2 is 1.34 bits per heavy atom. The first-order valence-corrected chi connectivity index (χ1v) is 15.3. The number of thioether (sulfide) groups is 1. The van der Waals surface area contributed by atoms with E-state index in [1.54, 1.807) is 23.1 Å². The number of aryl methyl sites for hydroxylation is 2. The summed E-state index contributed by atoms with van der Waals surface area (Å²) in [6.45, 7) is 3.89. The normalized spacial score (nSPS) is 11.2. The summed E-state index contributed by atoms with van der Waals surface area (Å²) >= 11 is 11.6. The van der Waals surface area contributed by atoms with E-state index >= 15 is 0 Å². The predicted molar refractivity (Wildman–Crippen MR) is 140 cm³/mol. The molecule has 0 atom stereocenters. The minimum absolute atomic E-state index is 0.136. The largest absolute Gasteiger partial charge is 0.247 e. The number of sulfone groups is 1. The first kappa shape index (κ1) is 25.4. The lowest BCUT2D eigenvalue weighted by atomic mass is 10.2. The van der Waals surface area contributed by atoms with Crippen LogP contribution in [0.4, 0.5) is 0 Å². The lowest BCUT2D eigenvalue weighted by Gasteiger charge is -2.03. The predicted octanol–water partition coefficient (Wildman–Crippen LogP) is 6.68. The van der Waals surface area contributed by atoms with E-state index in [0.717, 1.165) is 40.7 Å². The van der Waals surface area contributed by atoms with Gasteiger partial charge in [0.25, 0.3) is 0 Å². The Balaban J connectivity index is 0.000000182. The molecule has 0 spiro atoms. The highest BCUT2D eigenvalue weighted by Crippen LogP contribution is 2.33. The van der Waals surface area contributed by atoms with Crippen LogP contribution in [0.3, 0.4) is 0 Å². The van der Waals surface area contributed by atoms with Gasteiger partial charge in [0.15, 0.2) is 5.16 Å². The molecule has 0 aromatic carbocycles. The van der Waals surface area contributed by atoms with E-state index in [2.05, 4.69) is 57.9 Å². The Hall–Kier alpha value is -1.18. The Morgan fingerprint density at radius 1 is 0.844 bits per heavy atom. The summed E-state index contributed by atoms with van der Waals surface area (Å²) in [5.41, 5.74) is 3.66. The third kappa shape index (κ3) is 6.45. The number of hydrogen-bond acceptors (Lipinski definition) is 9. The van der Waals surface area contributed by atoms with Crippen molar-refractivity contribution in [3.8, 4) is 21.1 Å². The van der Waals surface area contributed by atoms with Gasteiger partial charge in [0.05, 0.1) is 28.7 Å². The highest BCUT2D eigenvalue weighted by Gasteiger charge is 2.15. The summed E-state index contributed by atoms with van der Waals surface area (Å²) in [4.78, 5) is 18.8. The lowest BCUT2D eigenvalue weighted by Crippen LogP contribution is -2.05. The molecule has 0 bridgehead atoms. The van der Waals surface area contributed by atoms with Gasteiger partial charge in [-0.05, 0) is 87.4 Å². The molecule has 0 saturated heterocycles. The average Bonchev–Trinajstić information content (AvgIpc) is 3.36. The molecule has 4 rings (SSSR count).